The fourth-order valence-electron chi connectivity index (χ4n) is 6.16. The Kier molecular flexibility index (Phi) is 8.38. The molecule has 1 unspecified atom stereocenters. The molecule has 0 spiro atoms. The number of aromatic amines is 1. The summed E-state index contributed by atoms with van der Waals surface area (Å²) in [4.78, 5) is 20.6. The van der Waals surface area contributed by atoms with E-state index < -0.39 is 0 Å². The van der Waals surface area contributed by atoms with E-state index in [9.17, 15) is 4.79 Å². The number of carbonyl (C=O) groups excluding carboxylic acids is 1. The summed E-state index contributed by atoms with van der Waals surface area (Å²) in [5.41, 5.74) is 13.4. The first-order valence-electron chi connectivity index (χ1n) is 16.0. The smallest absolute Gasteiger partial charge is 0.159 e. The summed E-state index contributed by atoms with van der Waals surface area (Å²) < 4.78 is 0. The van der Waals surface area contributed by atoms with Crippen LogP contribution in [0.25, 0.3) is 22.3 Å². The number of hydrogen-bond acceptors (Lipinski definition) is 3. The van der Waals surface area contributed by atoms with Crippen molar-refractivity contribution in [2.24, 2.45) is 4.99 Å². The Balaban J connectivity index is 1.27. The van der Waals surface area contributed by atoms with Gasteiger partial charge in [-0.05, 0) is 65.1 Å². The van der Waals surface area contributed by atoms with E-state index in [0.717, 1.165) is 73.0 Å². The predicted octanol–water partition coefficient (Wildman–Crippen LogP) is 9.70. The van der Waals surface area contributed by atoms with Gasteiger partial charge in [0.15, 0.2) is 5.78 Å². The van der Waals surface area contributed by atoms with E-state index in [1.807, 2.05) is 78.9 Å². The minimum absolute atomic E-state index is 0.0132. The zero-order valence-electron chi connectivity index (χ0n) is 26.8. The average Bonchev–Trinajstić information content (AvgIpc) is 3.93. The number of rotatable bonds is 9. The fraction of sp³-hybridized carbons (Fsp3) is 0.0455. The lowest BCUT2D eigenvalue weighted by Gasteiger charge is -2.17. The molecule has 0 amide bonds. The number of H-pyrrole nitrogens is 1. The molecule has 2 aliphatic heterocycles. The number of allylic oxidation sites excluding steroid dienone is 4. The van der Waals surface area contributed by atoms with Crippen LogP contribution in [0.5, 0.6) is 0 Å². The van der Waals surface area contributed by atoms with Crippen LogP contribution < -0.4 is 5.32 Å². The molecule has 4 nitrogen and oxygen atoms in total. The summed E-state index contributed by atoms with van der Waals surface area (Å²) in [5.74, 6) is 0.0385. The van der Waals surface area contributed by atoms with Crippen LogP contribution in [0.1, 0.15) is 50.9 Å². The van der Waals surface area contributed by atoms with Gasteiger partial charge in [0.25, 0.3) is 0 Å². The molecule has 4 aromatic carbocycles. The number of aromatic nitrogens is 1. The first-order chi connectivity index (χ1) is 23.5. The van der Waals surface area contributed by atoms with E-state index in [4.69, 9.17) is 4.99 Å². The molecule has 0 saturated carbocycles. The largest absolute Gasteiger partial charge is 0.374 e. The van der Waals surface area contributed by atoms with Gasteiger partial charge in [0.05, 0.1) is 17.5 Å². The summed E-state index contributed by atoms with van der Waals surface area (Å²) in [7, 11) is 0. The number of Topliss-reactive ketones (excluding diaryl/α,β-unsaturated/α-hetero) is 1. The van der Waals surface area contributed by atoms with Crippen molar-refractivity contribution in [3.63, 3.8) is 0 Å². The van der Waals surface area contributed by atoms with E-state index in [-0.39, 0.29) is 11.8 Å². The van der Waals surface area contributed by atoms with Crippen LogP contribution in [0.3, 0.4) is 0 Å². The van der Waals surface area contributed by atoms with Crippen molar-refractivity contribution >= 4 is 33.8 Å². The molecular formula is C44H35N3O. The minimum atomic E-state index is -0.0132. The van der Waals surface area contributed by atoms with Crippen molar-refractivity contribution in [2.45, 2.75) is 13.0 Å². The van der Waals surface area contributed by atoms with E-state index in [1.165, 1.54) is 0 Å². The maximum absolute atomic E-state index is 11.8. The zero-order valence-corrected chi connectivity index (χ0v) is 26.8. The van der Waals surface area contributed by atoms with Gasteiger partial charge in [-0.1, -0.05) is 134 Å². The summed E-state index contributed by atoms with van der Waals surface area (Å²) in [6, 6.07) is 42.8. The Labute approximate surface area is 281 Å². The number of aliphatic imine (C=N–C) groups is 1. The summed E-state index contributed by atoms with van der Waals surface area (Å²) >= 11 is 0. The second-order valence-corrected chi connectivity index (χ2v) is 11.9. The molecule has 232 valence electrons. The third-order valence-electron chi connectivity index (χ3n) is 8.75. The number of hydrogen-bond donors (Lipinski definition) is 2. The lowest BCUT2D eigenvalue weighted by Crippen LogP contribution is -2.23. The van der Waals surface area contributed by atoms with Gasteiger partial charge in [-0.25, -0.2) is 4.99 Å². The third kappa shape index (κ3) is 6.12. The van der Waals surface area contributed by atoms with Gasteiger partial charge in [0.1, 0.15) is 0 Å². The molecule has 0 radical (unpaired) electrons. The summed E-state index contributed by atoms with van der Waals surface area (Å²) in [6.45, 7) is 10.3. The second-order valence-electron chi connectivity index (χ2n) is 11.9. The molecule has 3 heterocycles. The standard InChI is InChI=1S/C44H35N3O/c1-29(32-13-7-4-8-14-32)37-23-25-39(45-37)43(35-15-9-5-10-16-35)41-27-28-42(47-41)44(36-17-11-6-12-18-36)40-26-24-38(46-40)30(2)33-19-21-34(22-20-33)31(3)48/h4-28,37,45,47H,1-2H2,3H3/b43-39-,44-40-. The lowest BCUT2D eigenvalue weighted by molar-refractivity contribution is 0.101. The van der Waals surface area contributed by atoms with Crippen LogP contribution in [-0.2, 0) is 0 Å². The Hall–Kier alpha value is -6.26. The molecule has 0 aliphatic carbocycles. The van der Waals surface area contributed by atoms with E-state index in [0.29, 0.717) is 5.56 Å². The van der Waals surface area contributed by atoms with Gasteiger partial charge >= 0.3 is 0 Å². The van der Waals surface area contributed by atoms with Crippen molar-refractivity contribution in [1.82, 2.24) is 10.3 Å². The van der Waals surface area contributed by atoms with E-state index >= 15 is 0 Å². The maximum atomic E-state index is 11.8. The summed E-state index contributed by atoms with van der Waals surface area (Å²) in [5, 5.41) is 3.73. The Morgan fingerprint density at radius 1 is 0.604 bits per heavy atom. The molecule has 0 bridgehead atoms. The number of ketones is 1. The fourth-order valence-corrected chi connectivity index (χ4v) is 6.16. The highest BCUT2D eigenvalue weighted by Gasteiger charge is 2.23. The Morgan fingerprint density at radius 3 is 1.75 bits per heavy atom. The van der Waals surface area contributed by atoms with Crippen LogP contribution in [0.2, 0.25) is 0 Å². The van der Waals surface area contributed by atoms with Crippen molar-refractivity contribution in [3.05, 3.63) is 215 Å². The summed E-state index contributed by atoms with van der Waals surface area (Å²) in [6.07, 6.45) is 8.39. The Bertz CT molecular complexity index is 2180. The van der Waals surface area contributed by atoms with Crippen LogP contribution in [0.15, 0.2) is 181 Å². The SMILES string of the molecule is C=C(C1=N/C(=C(/c2ccccc2)c2ccc(/C(=C3/C=CC(C(=C)c4ccccc4)N3)c3ccccc3)[nH]2)C=C1)c1ccc(C(C)=O)cc1. The van der Waals surface area contributed by atoms with Crippen molar-refractivity contribution in [2.75, 3.05) is 0 Å². The monoisotopic (exact) mass is 621 g/mol. The van der Waals surface area contributed by atoms with E-state index in [2.05, 4.69) is 96.3 Å². The van der Waals surface area contributed by atoms with Crippen LogP contribution in [0.4, 0.5) is 0 Å². The highest BCUT2D eigenvalue weighted by Crippen LogP contribution is 2.35. The zero-order chi connectivity index (χ0) is 33.0. The van der Waals surface area contributed by atoms with Crippen LogP contribution in [-0.4, -0.2) is 22.5 Å². The first kappa shape index (κ1) is 30.4. The lowest BCUT2D eigenvalue weighted by atomic mass is 10.0. The molecule has 5 aromatic rings. The van der Waals surface area contributed by atoms with Gasteiger partial charge in [-0.3, -0.25) is 4.79 Å². The number of nitrogens with one attached hydrogen (secondary N) is 2. The molecule has 2 N–H and O–H groups in total. The highest BCUT2D eigenvalue weighted by atomic mass is 16.1. The molecule has 4 heteroatoms. The highest BCUT2D eigenvalue weighted by molar-refractivity contribution is 6.30. The van der Waals surface area contributed by atoms with Crippen molar-refractivity contribution < 1.29 is 4.79 Å². The topological polar surface area (TPSA) is 57.2 Å². The van der Waals surface area contributed by atoms with Gasteiger partial charge in [0.2, 0.25) is 0 Å². The molecule has 1 aromatic heterocycles. The second kappa shape index (κ2) is 13.2. The van der Waals surface area contributed by atoms with Crippen LogP contribution in [0, 0.1) is 0 Å². The number of carbonyl (C=O) groups is 1. The molecular weight excluding hydrogens is 587 g/mol. The predicted molar refractivity (Wildman–Crippen MR) is 199 cm³/mol. The first-order valence-corrected chi connectivity index (χ1v) is 16.0. The normalized spacial score (nSPS) is 17.1. The number of benzene rings is 4. The van der Waals surface area contributed by atoms with Gasteiger partial charge in [-0.15, -0.1) is 0 Å². The Morgan fingerprint density at radius 2 is 1.15 bits per heavy atom. The van der Waals surface area contributed by atoms with Crippen LogP contribution >= 0.6 is 0 Å². The average molecular weight is 622 g/mol. The molecule has 0 fully saturated rings. The molecule has 1 atom stereocenters. The quantitative estimate of drug-likeness (QED) is 0.161. The van der Waals surface area contributed by atoms with E-state index in [1.54, 1.807) is 6.92 Å². The molecule has 0 saturated heterocycles. The molecule has 7 rings (SSSR count). The van der Waals surface area contributed by atoms with Gasteiger partial charge < -0.3 is 10.3 Å². The van der Waals surface area contributed by atoms with Gasteiger partial charge in [-0.2, -0.15) is 0 Å². The molecule has 48 heavy (non-hydrogen) atoms. The van der Waals surface area contributed by atoms with Crippen molar-refractivity contribution in [1.29, 1.82) is 0 Å². The van der Waals surface area contributed by atoms with Crippen molar-refractivity contribution in [3.8, 4) is 0 Å². The third-order valence-corrected chi connectivity index (χ3v) is 8.75. The molecule has 2 aliphatic rings. The maximum Gasteiger partial charge on any atom is 0.159 e. The number of nitrogens with zero attached hydrogens (tertiary/aromatic N) is 1. The minimum Gasteiger partial charge on any atom is -0.374 e. The van der Waals surface area contributed by atoms with Gasteiger partial charge in [0, 0.05) is 39.4 Å².